The summed E-state index contributed by atoms with van der Waals surface area (Å²) in [5, 5.41) is 9.02. The van der Waals surface area contributed by atoms with Crippen molar-refractivity contribution >= 4 is 11.9 Å². The van der Waals surface area contributed by atoms with Crippen molar-refractivity contribution in [2.75, 3.05) is 19.6 Å². The lowest BCUT2D eigenvalue weighted by Gasteiger charge is -2.39. The highest BCUT2D eigenvalue weighted by atomic mass is 16.4. The molecule has 0 radical (unpaired) electrons. The van der Waals surface area contributed by atoms with Gasteiger partial charge in [-0.15, -0.1) is 0 Å². The van der Waals surface area contributed by atoms with Gasteiger partial charge in [-0.05, 0) is 18.6 Å². The SMILES string of the molecule is CCCN1CCN(Cc2ccco2)C(CC(=O)O)C1=O. The fraction of sp³-hybridized carbons (Fsp3) is 0.571. The van der Waals surface area contributed by atoms with E-state index in [-0.39, 0.29) is 12.3 Å². The van der Waals surface area contributed by atoms with Gasteiger partial charge in [0.05, 0.1) is 19.2 Å². The van der Waals surface area contributed by atoms with Crippen molar-refractivity contribution in [2.24, 2.45) is 0 Å². The largest absolute Gasteiger partial charge is 0.481 e. The number of piperazine rings is 1. The molecule has 20 heavy (non-hydrogen) atoms. The summed E-state index contributed by atoms with van der Waals surface area (Å²) in [7, 11) is 0. The van der Waals surface area contributed by atoms with Crippen LogP contribution in [0.4, 0.5) is 0 Å². The van der Waals surface area contributed by atoms with Crippen LogP contribution in [0.1, 0.15) is 25.5 Å². The summed E-state index contributed by atoms with van der Waals surface area (Å²) in [4.78, 5) is 27.0. The summed E-state index contributed by atoms with van der Waals surface area (Å²) in [5.74, 6) is -0.296. The monoisotopic (exact) mass is 280 g/mol. The molecule has 2 rings (SSSR count). The van der Waals surface area contributed by atoms with Crippen LogP contribution in [0.25, 0.3) is 0 Å². The summed E-state index contributed by atoms with van der Waals surface area (Å²) < 4.78 is 5.29. The molecule has 6 heteroatoms. The molecule has 2 heterocycles. The number of nitrogens with zero attached hydrogens (tertiary/aromatic N) is 2. The summed E-state index contributed by atoms with van der Waals surface area (Å²) in [5.41, 5.74) is 0. The first-order chi connectivity index (χ1) is 9.61. The maximum Gasteiger partial charge on any atom is 0.305 e. The van der Waals surface area contributed by atoms with Gasteiger partial charge < -0.3 is 14.4 Å². The minimum Gasteiger partial charge on any atom is -0.481 e. The lowest BCUT2D eigenvalue weighted by atomic mass is 10.1. The van der Waals surface area contributed by atoms with E-state index in [1.807, 2.05) is 17.9 Å². The zero-order valence-electron chi connectivity index (χ0n) is 11.6. The molecular weight excluding hydrogens is 260 g/mol. The zero-order chi connectivity index (χ0) is 14.5. The van der Waals surface area contributed by atoms with Gasteiger partial charge in [-0.3, -0.25) is 14.5 Å². The smallest absolute Gasteiger partial charge is 0.305 e. The maximum atomic E-state index is 12.4. The Morgan fingerprint density at radius 1 is 1.50 bits per heavy atom. The standard InChI is InChI=1S/C14H20N2O4/c1-2-5-15-6-7-16(10-11-4-3-8-20-11)12(14(15)19)9-13(17)18/h3-4,8,12H,2,5-7,9-10H2,1H3,(H,17,18). The first-order valence-corrected chi connectivity index (χ1v) is 6.88. The molecule has 110 valence electrons. The van der Waals surface area contributed by atoms with Gasteiger partial charge in [0.25, 0.3) is 0 Å². The van der Waals surface area contributed by atoms with E-state index in [4.69, 9.17) is 9.52 Å². The molecular formula is C14H20N2O4. The van der Waals surface area contributed by atoms with Crippen molar-refractivity contribution in [3.63, 3.8) is 0 Å². The Balaban J connectivity index is 2.09. The van der Waals surface area contributed by atoms with Crippen molar-refractivity contribution in [3.05, 3.63) is 24.2 Å². The van der Waals surface area contributed by atoms with E-state index in [0.29, 0.717) is 26.2 Å². The van der Waals surface area contributed by atoms with Crippen molar-refractivity contribution in [1.29, 1.82) is 0 Å². The molecule has 0 saturated carbocycles. The Hall–Kier alpha value is -1.82. The quantitative estimate of drug-likeness (QED) is 0.847. The highest BCUT2D eigenvalue weighted by Gasteiger charge is 2.36. The normalized spacial score (nSPS) is 20.4. The molecule has 0 aromatic carbocycles. The van der Waals surface area contributed by atoms with Gasteiger partial charge >= 0.3 is 5.97 Å². The molecule has 1 aromatic rings. The summed E-state index contributed by atoms with van der Waals surface area (Å²) >= 11 is 0. The summed E-state index contributed by atoms with van der Waals surface area (Å²) in [6.07, 6.45) is 2.29. The molecule has 0 spiro atoms. The van der Waals surface area contributed by atoms with Crippen molar-refractivity contribution in [3.8, 4) is 0 Å². The topological polar surface area (TPSA) is 74.0 Å². The fourth-order valence-corrected chi connectivity index (χ4v) is 2.55. The third-order valence-electron chi connectivity index (χ3n) is 3.50. The highest BCUT2D eigenvalue weighted by Crippen LogP contribution is 2.18. The number of furan rings is 1. The molecule has 0 aliphatic carbocycles. The molecule has 1 N–H and O–H groups in total. The molecule has 1 atom stereocenters. The van der Waals surface area contributed by atoms with E-state index >= 15 is 0 Å². The Morgan fingerprint density at radius 2 is 2.30 bits per heavy atom. The number of aliphatic carboxylic acids is 1. The second-order valence-electron chi connectivity index (χ2n) is 4.99. The molecule has 1 aliphatic rings. The zero-order valence-corrected chi connectivity index (χ0v) is 11.6. The molecule has 1 aliphatic heterocycles. The lowest BCUT2D eigenvalue weighted by Crippen LogP contribution is -2.57. The average molecular weight is 280 g/mol. The Morgan fingerprint density at radius 3 is 2.90 bits per heavy atom. The van der Waals surface area contributed by atoms with E-state index in [1.54, 1.807) is 17.2 Å². The van der Waals surface area contributed by atoms with Crippen LogP contribution in [0.5, 0.6) is 0 Å². The molecule has 1 amide bonds. The van der Waals surface area contributed by atoms with Crippen LogP contribution in [0, 0.1) is 0 Å². The minimum atomic E-state index is -0.953. The van der Waals surface area contributed by atoms with Crippen LogP contribution in [0.3, 0.4) is 0 Å². The van der Waals surface area contributed by atoms with Crippen LogP contribution in [0.15, 0.2) is 22.8 Å². The highest BCUT2D eigenvalue weighted by molar-refractivity contribution is 5.86. The number of rotatable bonds is 6. The van der Waals surface area contributed by atoms with Gasteiger partial charge in [0.2, 0.25) is 5.91 Å². The number of carboxylic acids is 1. The molecule has 6 nitrogen and oxygen atoms in total. The van der Waals surface area contributed by atoms with Gasteiger partial charge in [-0.1, -0.05) is 6.92 Å². The van der Waals surface area contributed by atoms with Crippen molar-refractivity contribution in [1.82, 2.24) is 9.80 Å². The van der Waals surface area contributed by atoms with E-state index < -0.39 is 12.0 Å². The molecule has 0 bridgehead atoms. The predicted octanol–water partition coefficient (Wildman–Crippen LogP) is 1.18. The van der Waals surface area contributed by atoms with Crippen LogP contribution in [0.2, 0.25) is 0 Å². The molecule has 1 saturated heterocycles. The lowest BCUT2D eigenvalue weighted by molar-refractivity contribution is -0.149. The second kappa shape index (κ2) is 6.56. The second-order valence-corrected chi connectivity index (χ2v) is 4.99. The van der Waals surface area contributed by atoms with E-state index in [1.165, 1.54) is 0 Å². The van der Waals surface area contributed by atoms with Gasteiger partial charge in [-0.25, -0.2) is 0 Å². The van der Waals surface area contributed by atoms with E-state index in [0.717, 1.165) is 12.2 Å². The summed E-state index contributed by atoms with van der Waals surface area (Å²) in [6, 6.07) is 3.02. The first kappa shape index (κ1) is 14.6. The average Bonchev–Trinajstić information content (AvgIpc) is 2.90. The maximum absolute atomic E-state index is 12.4. The van der Waals surface area contributed by atoms with Crippen LogP contribution < -0.4 is 0 Å². The number of carbonyl (C=O) groups is 2. The Bertz CT molecular complexity index is 458. The Labute approximate surface area is 118 Å². The number of amides is 1. The predicted molar refractivity (Wildman–Crippen MR) is 72.0 cm³/mol. The number of carbonyl (C=O) groups excluding carboxylic acids is 1. The summed E-state index contributed by atoms with van der Waals surface area (Å²) in [6.45, 7) is 4.47. The third-order valence-corrected chi connectivity index (χ3v) is 3.50. The van der Waals surface area contributed by atoms with Gasteiger partial charge in [0, 0.05) is 19.6 Å². The van der Waals surface area contributed by atoms with Gasteiger partial charge in [0.15, 0.2) is 0 Å². The van der Waals surface area contributed by atoms with Crippen molar-refractivity contribution in [2.45, 2.75) is 32.4 Å². The van der Waals surface area contributed by atoms with E-state index in [9.17, 15) is 9.59 Å². The number of carboxylic acid groups (broad SMARTS) is 1. The van der Waals surface area contributed by atoms with Crippen LogP contribution in [-0.2, 0) is 16.1 Å². The molecule has 1 fully saturated rings. The minimum absolute atomic E-state index is 0.0907. The first-order valence-electron chi connectivity index (χ1n) is 6.88. The Kier molecular flexibility index (Phi) is 4.79. The molecule has 1 unspecified atom stereocenters. The fourth-order valence-electron chi connectivity index (χ4n) is 2.55. The van der Waals surface area contributed by atoms with Crippen LogP contribution >= 0.6 is 0 Å². The van der Waals surface area contributed by atoms with Gasteiger partial charge in [-0.2, -0.15) is 0 Å². The van der Waals surface area contributed by atoms with Crippen LogP contribution in [-0.4, -0.2) is 52.5 Å². The third kappa shape index (κ3) is 3.39. The van der Waals surface area contributed by atoms with Gasteiger partial charge in [0.1, 0.15) is 11.8 Å². The number of hydrogen-bond donors (Lipinski definition) is 1. The molecule has 1 aromatic heterocycles. The van der Waals surface area contributed by atoms with Crippen molar-refractivity contribution < 1.29 is 19.1 Å². The van der Waals surface area contributed by atoms with E-state index in [2.05, 4.69) is 0 Å². The number of hydrogen-bond acceptors (Lipinski definition) is 4.